The van der Waals surface area contributed by atoms with Gasteiger partial charge in [-0.25, -0.2) is 12.8 Å². The molecule has 1 saturated carbocycles. The summed E-state index contributed by atoms with van der Waals surface area (Å²) in [6.45, 7) is 4.38. The Kier molecular flexibility index (Phi) is 4.31. The quantitative estimate of drug-likeness (QED) is 0.872. The second kappa shape index (κ2) is 5.57. The fourth-order valence-electron chi connectivity index (χ4n) is 2.83. The van der Waals surface area contributed by atoms with Gasteiger partial charge >= 0.3 is 0 Å². The van der Waals surface area contributed by atoms with E-state index in [0.29, 0.717) is 0 Å². The minimum atomic E-state index is -3.82. The number of rotatable bonds is 3. The van der Waals surface area contributed by atoms with Gasteiger partial charge in [-0.05, 0) is 49.3 Å². The SMILES string of the molecule is CN(C1CCC(C)(C)CC1)S(=O)(=O)c1ccc(N)cc1F. The lowest BCUT2D eigenvalue weighted by Crippen LogP contribution is -2.41. The van der Waals surface area contributed by atoms with Gasteiger partial charge in [0.2, 0.25) is 10.0 Å². The fourth-order valence-corrected chi connectivity index (χ4v) is 4.28. The van der Waals surface area contributed by atoms with E-state index in [1.807, 2.05) is 0 Å². The van der Waals surface area contributed by atoms with Gasteiger partial charge in [0.15, 0.2) is 0 Å². The molecule has 0 radical (unpaired) electrons. The third-order valence-corrected chi connectivity index (χ3v) is 6.38. The molecule has 0 saturated heterocycles. The summed E-state index contributed by atoms with van der Waals surface area (Å²) in [7, 11) is -2.28. The predicted molar refractivity (Wildman–Crippen MR) is 81.8 cm³/mol. The van der Waals surface area contributed by atoms with Crippen molar-refractivity contribution in [1.29, 1.82) is 0 Å². The van der Waals surface area contributed by atoms with Gasteiger partial charge in [-0.3, -0.25) is 0 Å². The molecule has 0 amide bonds. The summed E-state index contributed by atoms with van der Waals surface area (Å²) in [5, 5.41) is 0. The Bertz CT molecular complexity index is 619. The number of benzene rings is 1. The molecular weight excluding hydrogens is 291 g/mol. The van der Waals surface area contributed by atoms with E-state index in [4.69, 9.17) is 5.73 Å². The summed E-state index contributed by atoms with van der Waals surface area (Å²) in [5.74, 6) is -0.794. The number of nitrogens with zero attached hydrogens (tertiary/aromatic N) is 1. The third-order valence-electron chi connectivity index (χ3n) is 4.44. The molecule has 0 spiro atoms. The first-order valence-electron chi connectivity index (χ1n) is 7.16. The Balaban J connectivity index is 2.23. The highest BCUT2D eigenvalue weighted by Gasteiger charge is 2.35. The zero-order chi connectivity index (χ0) is 15.8. The van der Waals surface area contributed by atoms with Crippen molar-refractivity contribution in [3.05, 3.63) is 24.0 Å². The van der Waals surface area contributed by atoms with E-state index < -0.39 is 15.8 Å². The molecule has 1 fully saturated rings. The predicted octanol–water partition coefficient (Wildman–Crippen LogP) is 3.00. The maximum atomic E-state index is 13.9. The van der Waals surface area contributed by atoms with Crippen molar-refractivity contribution in [2.24, 2.45) is 5.41 Å². The smallest absolute Gasteiger partial charge is 0.245 e. The van der Waals surface area contributed by atoms with Crippen molar-refractivity contribution in [1.82, 2.24) is 4.31 Å². The fraction of sp³-hybridized carbons (Fsp3) is 0.600. The van der Waals surface area contributed by atoms with Crippen LogP contribution in [0.15, 0.2) is 23.1 Å². The normalized spacial score (nSPS) is 19.9. The Hall–Kier alpha value is -1.14. The number of nitrogens with two attached hydrogens (primary N) is 1. The van der Waals surface area contributed by atoms with Gasteiger partial charge in [0.25, 0.3) is 0 Å². The van der Waals surface area contributed by atoms with Crippen molar-refractivity contribution in [3.63, 3.8) is 0 Å². The van der Waals surface area contributed by atoms with E-state index in [2.05, 4.69) is 13.8 Å². The van der Waals surface area contributed by atoms with Gasteiger partial charge in [-0.1, -0.05) is 13.8 Å². The maximum absolute atomic E-state index is 13.9. The molecule has 0 aromatic heterocycles. The minimum Gasteiger partial charge on any atom is -0.399 e. The summed E-state index contributed by atoms with van der Waals surface area (Å²) < 4.78 is 40.4. The molecule has 118 valence electrons. The van der Waals surface area contributed by atoms with Crippen molar-refractivity contribution in [2.75, 3.05) is 12.8 Å². The average Bonchev–Trinajstić information content (AvgIpc) is 2.37. The number of halogens is 1. The van der Waals surface area contributed by atoms with Gasteiger partial charge in [0, 0.05) is 18.8 Å². The highest BCUT2D eigenvalue weighted by atomic mass is 32.2. The van der Waals surface area contributed by atoms with E-state index in [9.17, 15) is 12.8 Å². The lowest BCUT2D eigenvalue weighted by atomic mass is 9.76. The van der Waals surface area contributed by atoms with Gasteiger partial charge < -0.3 is 5.73 Å². The van der Waals surface area contributed by atoms with Crippen LogP contribution in [0.25, 0.3) is 0 Å². The van der Waals surface area contributed by atoms with Crippen LogP contribution in [0.4, 0.5) is 10.1 Å². The van der Waals surface area contributed by atoms with Gasteiger partial charge in [0.1, 0.15) is 10.7 Å². The van der Waals surface area contributed by atoms with E-state index in [1.165, 1.54) is 23.5 Å². The lowest BCUT2D eigenvalue weighted by Gasteiger charge is -2.38. The lowest BCUT2D eigenvalue weighted by molar-refractivity contribution is 0.174. The number of nitrogen functional groups attached to an aromatic ring is 1. The number of hydrogen-bond donors (Lipinski definition) is 1. The molecule has 0 atom stereocenters. The summed E-state index contributed by atoms with van der Waals surface area (Å²) in [6.07, 6.45) is 3.56. The first kappa shape index (κ1) is 16.2. The highest BCUT2D eigenvalue weighted by molar-refractivity contribution is 7.89. The van der Waals surface area contributed by atoms with Crippen molar-refractivity contribution in [3.8, 4) is 0 Å². The van der Waals surface area contributed by atoms with E-state index in [0.717, 1.165) is 31.7 Å². The molecule has 1 aromatic carbocycles. The molecular formula is C15H23FN2O2S. The number of hydrogen-bond acceptors (Lipinski definition) is 3. The van der Waals surface area contributed by atoms with Crippen LogP contribution < -0.4 is 5.73 Å². The van der Waals surface area contributed by atoms with Crippen LogP contribution in [0.3, 0.4) is 0 Å². The van der Waals surface area contributed by atoms with Crippen LogP contribution in [0.5, 0.6) is 0 Å². The second-order valence-corrected chi connectivity index (χ2v) is 8.57. The number of sulfonamides is 1. The highest BCUT2D eigenvalue weighted by Crippen LogP contribution is 2.38. The Morgan fingerprint density at radius 1 is 1.29 bits per heavy atom. The molecule has 0 unspecified atom stereocenters. The van der Waals surface area contributed by atoms with Crippen LogP contribution in [-0.4, -0.2) is 25.8 Å². The van der Waals surface area contributed by atoms with Crippen LogP contribution in [0.2, 0.25) is 0 Å². The number of anilines is 1. The molecule has 0 heterocycles. The molecule has 2 N–H and O–H groups in total. The molecule has 1 aromatic rings. The molecule has 2 rings (SSSR count). The van der Waals surface area contributed by atoms with E-state index in [-0.39, 0.29) is 22.0 Å². The Labute approximate surface area is 126 Å². The van der Waals surface area contributed by atoms with Gasteiger partial charge in [-0.2, -0.15) is 4.31 Å². The van der Waals surface area contributed by atoms with E-state index >= 15 is 0 Å². The monoisotopic (exact) mass is 314 g/mol. The average molecular weight is 314 g/mol. The summed E-state index contributed by atoms with van der Waals surface area (Å²) in [4.78, 5) is -0.302. The summed E-state index contributed by atoms with van der Waals surface area (Å²) >= 11 is 0. The zero-order valence-electron chi connectivity index (χ0n) is 12.8. The van der Waals surface area contributed by atoms with Crippen molar-refractivity contribution in [2.45, 2.75) is 50.5 Å². The molecule has 6 heteroatoms. The standard InChI is InChI=1S/C15H23FN2O2S/c1-15(2)8-6-12(7-9-15)18(3)21(19,20)14-5-4-11(17)10-13(14)16/h4-5,10,12H,6-9,17H2,1-3H3. The first-order chi connectivity index (χ1) is 9.63. The molecule has 4 nitrogen and oxygen atoms in total. The third kappa shape index (κ3) is 3.37. The second-order valence-electron chi connectivity index (χ2n) is 6.61. The van der Waals surface area contributed by atoms with Crippen molar-refractivity contribution >= 4 is 15.7 Å². The van der Waals surface area contributed by atoms with Crippen molar-refractivity contribution < 1.29 is 12.8 Å². The minimum absolute atomic E-state index is 0.0695. The molecule has 0 bridgehead atoms. The van der Waals surface area contributed by atoms with Gasteiger partial charge in [0.05, 0.1) is 0 Å². The van der Waals surface area contributed by atoms with Crippen LogP contribution >= 0.6 is 0 Å². The maximum Gasteiger partial charge on any atom is 0.245 e. The van der Waals surface area contributed by atoms with Crippen LogP contribution in [0.1, 0.15) is 39.5 Å². The van der Waals surface area contributed by atoms with Crippen LogP contribution in [0, 0.1) is 11.2 Å². The largest absolute Gasteiger partial charge is 0.399 e. The van der Waals surface area contributed by atoms with E-state index in [1.54, 1.807) is 0 Å². The Morgan fingerprint density at radius 2 is 1.86 bits per heavy atom. The summed E-state index contributed by atoms with van der Waals surface area (Å²) in [6, 6.07) is 3.63. The molecule has 1 aliphatic carbocycles. The molecule has 0 aliphatic heterocycles. The Morgan fingerprint density at radius 3 is 2.38 bits per heavy atom. The zero-order valence-corrected chi connectivity index (χ0v) is 13.6. The molecule has 1 aliphatic rings. The summed E-state index contributed by atoms with van der Waals surface area (Å²) in [5.41, 5.74) is 5.94. The first-order valence-corrected chi connectivity index (χ1v) is 8.60. The van der Waals surface area contributed by atoms with Crippen LogP contribution in [-0.2, 0) is 10.0 Å². The van der Waals surface area contributed by atoms with Gasteiger partial charge in [-0.15, -0.1) is 0 Å². The topological polar surface area (TPSA) is 63.4 Å². The molecule has 21 heavy (non-hydrogen) atoms.